The zero-order chi connectivity index (χ0) is 22.9. The Labute approximate surface area is 186 Å². The molecule has 1 heterocycles. The van der Waals surface area contributed by atoms with Gasteiger partial charge >= 0.3 is 0 Å². The summed E-state index contributed by atoms with van der Waals surface area (Å²) in [6, 6.07) is 16.9. The van der Waals surface area contributed by atoms with E-state index in [1.165, 1.54) is 18.3 Å². The third kappa shape index (κ3) is 7.04. The number of aromatic nitrogens is 1. The Kier molecular flexibility index (Phi) is 8.13. The van der Waals surface area contributed by atoms with Crippen LogP contribution in [0.2, 0.25) is 0 Å². The number of benzene rings is 2. The van der Waals surface area contributed by atoms with E-state index in [0.717, 1.165) is 12.0 Å². The van der Waals surface area contributed by atoms with Crippen LogP contribution >= 0.6 is 0 Å². The van der Waals surface area contributed by atoms with E-state index in [1.807, 2.05) is 31.2 Å². The first-order chi connectivity index (χ1) is 15.4. The maximum Gasteiger partial charge on any atom is 0.250 e. The monoisotopic (exact) mass is 439 g/mol. The summed E-state index contributed by atoms with van der Waals surface area (Å²) >= 11 is 0. The Hall–Kier alpha value is -3.49. The van der Waals surface area contributed by atoms with E-state index in [-0.39, 0.29) is 18.4 Å². The van der Waals surface area contributed by atoms with Gasteiger partial charge in [-0.25, -0.2) is 9.37 Å². The van der Waals surface area contributed by atoms with E-state index in [9.17, 15) is 14.3 Å². The Morgan fingerprint density at radius 2 is 1.91 bits per heavy atom. The summed E-state index contributed by atoms with van der Waals surface area (Å²) in [6.07, 6.45) is 1.35. The molecule has 0 fully saturated rings. The van der Waals surface area contributed by atoms with Crippen molar-refractivity contribution in [2.45, 2.75) is 25.5 Å². The molecule has 1 amide bonds. The highest BCUT2D eigenvalue weighted by atomic mass is 19.1. The Balaban J connectivity index is 1.41. The number of hydrogen-bond acceptors (Lipinski definition) is 6. The molecule has 168 valence electrons. The third-order valence-corrected chi connectivity index (χ3v) is 4.68. The summed E-state index contributed by atoms with van der Waals surface area (Å²) in [5.41, 5.74) is 6.60. The molecule has 0 radical (unpaired) electrons. The molecule has 1 aromatic heterocycles. The molecule has 0 saturated carbocycles. The number of halogens is 1. The Morgan fingerprint density at radius 1 is 1.16 bits per heavy atom. The van der Waals surface area contributed by atoms with Crippen LogP contribution in [0, 0.1) is 5.82 Å². The fourth-order valence-electron chi connectivity index (χ4n) is 2.97. The lowest BCUT2D eigenvalue weighted by atomic mass is 10.1. The van der Waals surface area contributed by atoms with Gasteiger partial charge in [0.1, 0.15) is 18.5 Å². The highest BCUT2D eigenvalue weighted by molar-refractivity contribution is 5.92. The number of carbonyl (C=O) groups excluding carboxylic acids is 1. The van der Waals surface area contributed by atoms with Gasteiger partial charge < -0.3 is 25.6 Å². The lowest BCUT2D eigenvalue weighted by molar-refractivity contribution is 0.0999. The zero-order valence-corrected chi connectivity index (χ0v) is 17.7. The van der Waals surface area contributed by atoms with Crippen molar-refractivity contribution in [3.63, 3.8) is 0 Å². The van der Waals surface area contributed by atoms with Crippen molar-refractivity contribution in [3.05, 3.63) is 83.8 Å². The Morgan fingerprint density at radius 3 is 2.56 bits per heavy atom. The molecule has 0 aliphatic heterocycles. The number of nitrogens with one attached hydrogen (secondary N) is 1. The molecule has 2 unspecified atom stereocenters. The predicted octanol–water partition coefficient (Wildman–Crippen LogP) is 3.07. The van der Waals surface area contributed by atoms with Gasteiger partial charge in [0.15, 0.2) is 11.6 Å². The predicted molar refractivity (Wildman–Crippen MR) is 118 cm³/mol. The van der Waals surface area contributed by atoms with Gasteiger partial charge in [-0.15, -0.1) is 0 Å². The number of carbonyl (C=O) groups is 1. The molecule has 3 aromatic rings. The van der Waals surface area contributed by atoms with Crippen molar-refractivity contribution >= 4 is 5.91 Å². The summed E-state index contributed by atoms with van der Waals surface area (Å²) in [5, 5.41) is 13.3. The van der Waals surface area contributed by atoms with Crippen molar-refractivity contribution in [2.75, 3.05) is 13.2 Å². The van der Waals surface area contributed by atoms with Crippen molar-refractivity contribution < 1.29 is 23.8 Å². The van der Waals surface area contributed by atoms with Crippen LogP contribution in [0.4, 0.5) is 4.39 Å². The molecular formula is C24H26FN3O4. The second-order valence-electron chi connectivity index (χ2n) is 7.40. The lowest BCUT2D eigenvalue weighted by Crippen LogP contribution is -2.37. The molecule has 8 heteroatoms. The number of rotatable bonds is 11. The highest BCUT2D eigenvalue weighted by Crippen LogP contribution is 2.20. The molecule has 3 rings (SSSR count). The molecule has 4 N–H and O–H groups in total. The van der Waals surface area contributed by atoms with Crippen LogP contribution in [0.15, 0.2) is 66.9 Å². The number of hydrogen-bond donors (Lipinski definition) is 3. The summed E-state index contributed by atoms with van der Waals surface area (Å²) in [7, 11) is 0. The van der Waals surface area contributed by atoms with E-state index in [4.69, 9.17) is 15.2 Å². The quantitative estimate of drug-likeness (QED) is 0.424. The number of amides is 1. The van der Waals surface area contributed by atoms with Gasteiger partial charge in [-0.2, -0.15) is 0 Å². The first kappa shape index (κ1) is 23.2. The number of aliphatic hydroxyl groups is 1. The molecule has 0 aliphatic carbocycles. The number of aliphatic hydroxyl groups excluding tert-OH is 1. The maximum absolute atomic E-state index is 13.5. The first-order valence-corrected chi connectivity index (χ1v) is 10.2. The smallest absolute Gasteiger partial charge is 0.250 e. The fraction of sp³-hybridized carbons (Fsp3) is 0.250. The van der Waals surface area contributed by atoms with Crippen LogP contribution in [0.1, 0.15) is 22.8 Å². The molecule has 2 atom stereocenters. The largest absolute Gasteiger partial charge is 0.488 e. The molecule has 7 nitrogen and oxygen atoms in total. The molecule has 0 spiro atoms. The van der Waals surface area contributed by atoms with Gasteiger partial charge in [-0.3, -0.25) is 4.79 Å². The summed E-state index contributed by atoms with van der Waals surface area (Å²) in [6.45, 7) is 2.34. The maximum atomic E-state index is 13.5. The summed E-state index contributed by atoms with van der Waals surface area (Å²) in [5.74, 6) is 0.118. The number of ether oxygens (including phenoxy) is 2. The average Bonchev–Trinajstić information content (AvgIpc) is 2.79. The molecule has 32 heavy (non-hydrogen) atoms. The minimum atomic E-state index is -0.763. The zero-order valence-electron chi connectivity index (χ0n) is 17.7. The minimum absolute atomic E-state index is 0.00114. The van der Waals surface area contributed by atoms with Crippen LogP contribution in [-0.2, 0) is 6.42 Å². The van der Waals surface area contributed by atoms with Crippen molar-refractivity contribution in [2.24, 2.45) is 5.73 Å². The Bertz CT molecular complexity index is 1010. The molecule has 0 saturated heterocycles. The van der Waals surface area contributed by atoms with Crippen LogP contribution in [0.3, 0.4) is 0 Å². The summed E-state index contributed by atoms with van der Waals surface area (Å²) < 4.78 is 24.5. The molecule has 2 aromatic carbocycles. The number of nitrogens with two attached hydrogens (primary N) is 1. The van der Waals surface area contributed by atoms with E-state index in [0.29, 0.717) is 23.7 Å². The summed E-state index contributed by atoms with van der Waals surface area (Å²) in [4.78, 5) is 15.1. The second kappa shape index (κ2) is 11.2. The van der Waals surface area contributed by atoms with Crippen molar-refractivity contribution in [3.8, 4) is 17.4 Å². The average molecular weight is 439 g/mol. The first-order valence-electron chi connectivity index (χ1n) is 10.2. The SMILES string of the molecule is CC(Cc1ccc(Oc2ccc(C(N)=O)cn2)cc1)NCC(O)COc1ccccc1F. The molecule has 0 bridgehead atoms. The van der Waals surface area contributed by atoms with Gasteiger partial charge in [0.25, 0.3) is 0 Å². The van der Waals surface area contributed by atoms with Gasteiger partial charge in [0, 0.05) is 24.8 Å². The van der Waals surface area contributed by atoms with E-state index < -0.39 is 17.8 Å². The van der Waals surface area contributed by atoms with E-state index in [2.05, 4.69) is 10.3 Å². The van der Waals surface area contributed by atoms with Gasteiger partial charge in [0.2, 0.25) is 11.8 Å². The topological polar surface area (TPSA) is 107 Å². The van der Waals surface area contributed by atoms with Crippen molar-refractivity contribution in [1.82, 2.24) is 10.3 Å². The van der Waals surface area contributed by atoms with E-state index in [1.54, 1.807) is 24.3 Å². The van der Waals surface area contributed by atoms with Crippen LogP contribution < -0.4 is 20.5 Å². The number of para-hydroxylation sites is 1. The highest BCUT2D eigenvalue weighted by Gasteiger charge is 2.11. The van der Waals surface area contributed by atoms with Gasteiger partial charge in [-0.05, 0) is 49.2 Å². The van der Waals surface area contributed by atoms with E-state index >= 15 is 0 Å². The van der Waals surface area contributed by atoms with Crippen LogP contribution in [0.5, 0.6) is 17.4 Å². The molecule has 0 aliphatic rings. The number of nitrogens with zero attached hydrogens (tertiary/aromatic N) is 1. The minimum Gasteiger partial charge on any atom is -0.488 e. The molecular weight excluding hydrogens is 413 g/mol. The number of pyridine rings is 1. The standard InChI is InChI=1S/C24H26FN3O4/c1-16(27-14-19(29)15-31-22-5-3-2-4-21(22)25)12-17-6-9-20(10-7-17)32-23-11-8-18(13-28-23)24(26)30/h2-11,13,16,19,27,29H,12,14-15H2,1H3,(H2,26,30). The fourth-order valence-corrected chi connectivity index (χ4v) is 2.97. The van der Waals surface area contributed by atoms with Crippen LogP contribution in [-0.4, -0.2) is 41.3 Å². The normalized spacial score (nSPS) is 12.7. The number of primary amides is 1. The third-order valence-electron chi connectivity index (χ3n) is 4.68. The van der Waals surface area contributed by atoms with Crippen LogP contribution in [0.25, 0.3) is 0 Å². The van der Waals surface area contributed by atoms with Crippen molar-refractivity contribution in [1.29, 1.82) is 0 Å². The van der Waals surface area contributed by atoms with Gasteiger partial charge in [-0.1, -0.05) is 24.3 Å². The van der Waals surface area contributed by atoms with Gasteiger partial charge in [0.05, 0.1) is 5.56 Å². The lowest BCUT2D eigenvalue weighted by Gasteiger charge is -2.18. The second-order valence-corrected chi connectivity index (χ2v) is 7.40.